The van der Waals surface area contributed by atoms with Crippen molar-refractivity contribution in [2.75, 3.05) is 23.7 Å². The van der Waals surface area contributed by atoms with Gasteiger partial charge in [-0.15, -0.1) is 11.8 Å². The zero-order chi connectivity index (χ0) is 10.4. The minimum Gasteiger partial charge on any atom is -0.372 e. The first-order chi connectivity index (χ1) is 6.81. The van der Waals surface area contributed by atoms with Gasteiger partial charge in [-0.25, -0.2) is 0 Å². The number of hydrogen-bond acceptors (Lipinski definition) is 2. The molecule has 1 aromatic rings. The van der Waals surface area contributed by atoms with Crippen LogP contribution in [0, 0.1) is 0 Å². The van der Waals surface area contributed by atoms with E-state index in [0.29, 0.717) is 0 Å². The van der Waals surface area contributed by atoms with Crippen LogP contribution in [0.5, 0.6) is 0 Å². The molecule has 0 saturated carbocycles. The molecular formula is C12H19NS. The van der Waals surface area contributed by atoms with Gasteiger partial charge in [0.2, 0.25) is 0 Å². The Hall–Kier alpha value is -0.630. The van der Waals surface area contributed by atoms with E-state index >= 15 is 0 Å². The second kappa shape index (κ2) is 5.97. The van der Waals surface area contributed by atoms with Crippen molar-refractivity contribution in [3.8, 4) is 0 Å². The molecule has 14 heavy (non-hydrogen) atoms. The third-order valence-corrected chi connectivity index (χ3v) is 3.17. The molecule has 78 valence electrons. The van der Waals surface area contributed by atoms with Crippen molar-refractivity contribution < 1.29 is 0 Å². The molecule has 0 spiro atoms. The summed E-state index contributed by atoms with van der Waals surface area (Å²) in [6.07, 6.45) is 0. The summed E-state index contributed by atoms with van der Waals surface area (Å²) < 4.78 is 0. The predicted molar refractivity (Wildman–Crippen MR) is 66.4 cm³/mol. The van der Waals surface area contributed by atoms with Crippen LogP contribution in [0.4, 0.5) is 5.69 Å². The summed E-state index contributed by atoms with van der Waals surface area (Å²) in [5, 5.41) is 0. The van der Waals surface area contributed by atoms with Crippen molar-refractivity contribution in [2.24, 2.45) is 0 Å². The van der Waals surface area contributed by atoms with E-state index in [1.165, 1.54) is 10.6 Å². The van der Waals surface area contributed by atoms with Gasteiger partial charge in [0, 0.05) is 23.7 Å². The molecule has 1 rings (SSSR count). The van der Waals surface area contributed by atoms with Gasteiger partial charge in [-0.2, -0.15) is 0 Å². The third kappa shape index (κ3) is 2.95. The second-order valence-electron chi connectivity index (χ2n) is 3.10. The normalized spacial score (nSPS) is 10.2. The molecule has 1 aromatic carbocycles. The molecule has 0 heterocycles. The molecule has 0 bridgehead atoms. The standard InChI is InChI=1S/C12H19NS/c1-4-13(5-2)11-7-9-12(10-8-11)14-6-3/h7-10H,4-6H2,1-3H3. The highest BCUT2D eigenvalue weighted by atomic mass is 32.2. The van der Waals surface area contributed by atoms with E-state index in [1.807, 2.05) is 11.8 Å². The van der Waals surface area contributed by atoms with Crippen molar-refractivity contribution in [3.05, 3.63) is 24.3 Å². The fourth-order valence-electron chi connectivity index (χ4n) is 1.51. The van der Waals surface area contributed by atoms with E-state index in [4.69, 9.17) is 0 Å². The Bertz CT molecular complexity index is 252. The van der Waals surface area contributed by atoms with Gasteiger partial charge in [-0.05, 0) is 43.9 Å². The molecule has 0 amide bonds. The van der Waals surface area contributed by atoms with Gasteiger partial charge in [0.05, 0.1) is 0 Å². The van der Waals surface area contributed by atoms with Gasteiger partial charge in [-0.3, -0.25) is 0 Å². The number of thioether (sulfide) groups is 1. The number of anilines is 1. The molecule has 0 aromatic heterocycles. The van der Waals surface area contributed by atoms with Gasteiger partial charge in [0.15, 0.2) is 0 Å². The summed E-state index contributed by atoms with van der Waals surface area (Å²) >= 11 is 1.89. The van der Waals surface area contributed by atoms with Crippen molar-refractivity contribution in [1.82, 2.24) is 0 Å². The van der Waals surface area contributed by atoms with Crippen molar-refractivity contribution in [1.29, 1.82) is 0 Å². The number of rotatable bonds is 5. The van der Waals surface area contributed by atoms with Crippen LogP contribution in [0.1, 0.15) is 20.8 Å². The molecule has 0 radical (unpaired) electrons. The highest BCUT2D eigenvalue weighted by Crippen LogP contribution is 2.21. The molecule has 0 aliphatic rings. The Kier molecular flexibility index (Phi) is 4.88. The Balaban J connectivity index is 2.71. The summed E-state index contributed by atoms with van der Waals surface area (Å²) in [4.78, 5) is 3.73. The van der Waals surface area contributed by atoms with Crippen LogP contribution in [-0.4, -0.2) is 18.8 Å². The van der Waals surface area contributed by atoms with Crippen molar-refractivity contribution in [2.45, 2.75) is 25.7 Å². The summed E-state index contributed by atoms with van der Waals surface area (Å²) in [5.74, 6) is 1.14. The van der Waals surface area contributed by atoms with Crippen LogP contribution < -0.4 is 4.90 Å². The topological polar surface area (TPSA) is 3.24 Å². The van der Waals surface area contributed by atoms with E-state index in [-0.39, 0.29) is 0 Å². The Morgan fingerprint density at radius 2 is 1.57 bits per heavy atom. The largest absolute Gasteiger partial charge is 0.372 e. The van der Waals surface area contributed by atoms with Crippen LogP contribution in [0.3, 0.4) is 0 Å². The molecule has 0 fully saturated rings. The van der Waals surface area contributed by atoms with Crippen LogP contribution in [0.25, 0.3) is 0 Å². The van der Waals surface area contributed by atoms with Crippen molar-refractivity contribution >= 4 is 17.4 Å². The van der Waals surface area contributed by atoms with Gasteiger partial charge < -0.3 is 4.90 Å². The van der Waals surface area contributed by atoms with E-state index in [2.05, 4.69) is 49.9 Å². The number of benzene rings is 1. The first-order valence-electron chi connectivity index (χ1n) is 5.29. The fourth-order valence-corrected chi connectivity index (χ4v) is 2.17. The lowest BCUT2D eigenvalue weighted by Gasteiger charge is -2.20. The molecule has 0 unspecified atom stereocenters. The molecule has 0 saturated heterocycles. The fraction of sp³-hybridized carbons (Fsp3) is 0.500. The maximum Gasteiger partial charge on any atom is 0.0366 e. The minimum atomic E-state index is 1.08. The summed E-state index contributed by atoms with van der Waals surface area (Å²) in [6.45, 7) is 8.73. The average molecular weight is 209 g/mol. The molecule has 0 aliphatic carbocycles. The Morgan fingerprint density at radius 1 is 1.00 bits per heavy atom. The van der Waals surface area contributed by atoms with Crippen LogP contribution >= 0.6 is 11.8 Å². The lowest BCUT2D eigenvalue weighted by molar-refractivity contribution is 0.865. The van der Waals surface area contributed by atoms with E-state index in [1.54, 1.807) is 0 Å². The molecule has 0 aliphatic heterocycles. The van der Waals surface area contributed by atoms with Gasteiger partial charge in [-0.1, -0.05) is 6.92 Å². The summed E-state index contributed by atoms with van der Waals surface area (Å²) in [7, 11) is 0. The average Bonchev–Trinajstić information content (AvgIpc) is 2.23. The van der Waals surface area contributed by atoms with Crippen LogP contribution in [0.2, 0.25) is 0 Å². The van der Waals surface area contributed by atoms with Crippen LogP contribution in [0.15, 0.2) is 29.2 Å². The van der Waals surface area contributed by atoms with Crippen molar-refractivity contribution in [3.63, 3.8) is 0 Å². The smallest absolute Gasteiger partial charge is 0.0366 e. The monoisotopic (exact) mass is 209 g/mol. The number of hydrogen-bond donors (Lipinski definition) is 0. The zero-order valence-electron chi connectivity index (χ0n) is 9.29. The first-order valence-corrected chi connectivity index (χ1v) is 6.28. The molecule has 2 heteroatoms. The minimum absolute atomic E-state index is 1.08. The summed E-state index contributed by atoms with van der Waals surface area (Å²) in [5.41, 5.74) is 1.33. The summed E-state index contributed by atoms with van der Waals surface area (Å²) in [6, 6.07) is 8.85. The second-order valence-corrected chi connectivity index (χ2v) is 4.44. The zero-order valence-corrected chi connectivity index (χ0v) is 10.1. The lowest BCUT2D eigenvalue weighted by Crippen LogP contribution is -2.21. The molecular weight excluding hydrogens is 190 g/mol. The van der Waals surface area contributed by atoms with E-state index in [9.17, 15) is 0 Å². The van der Waals surface area contributed by atoms with Gasteiger partial charge >= 0.3 is 0 Å². The van der Waals surface area contributed by atoms with Crippen LogP contribution in [-0.2, 0) is 0 Å². The highest BCUT2D eigenvalue weighted by Gasteiger charge is 2.00. The quantitative estimate of drug-likeness (QED) is 0.681. The third-order valence-electron chi connectivity index (χ3n) is 2.28. The van der Waals surface area contributed by atoms with E-state index in [0.717, 1.165) is 18.8 Å². The maximum atomic E-state index is 2.36. The first kappa shape index (κ1) is 11.4. The predicted octanol–water partition coefficient (Wildman–Crippen LogP) is 3.64. The van der Waals surface area contributed by atoms with Gasteiger partial charge in [0.1, 0.15) is 0 Å². The highest BCUT2D eigenvalue weighted by molar-refractivity contribution is 7.99. The Morgan fingerprint density at radius 3 is 2.00 bits per heavy atom. The SMILES string of the molecule is CCSc1ccc(N(CC)CC)cc1. The molecule has 0 N–H and O–H groups in total. The van der Waals surface area contributed by atoms with E-state index < -0.39 is 0 Å². The number of nitrogens with zero attached hydrogens (tertiary/aromatic N) is 1. The molecule has 0 atom stereocenters. The molecule has 1 nitrogen and oxygen atoms in total. The maximum absolute atomic E-state index is 2.36. The Labute approximate surface area is 91.5 Å². The van der Waals surface area contributed by atoms with Gasteiger partial charge in [0.25, 0.3) is 0 Å². The lowest BCUT2D eigenvalue weighted by atomic mass is 10.3.